The summed E-state index contributed by atoms with van der Waals surface area (Å²) in [5.74, 6) is 1.38. The molecule has 1 saturated heterocycles. The van der Waals surface area contributed by atoms with Crippen molar-refractivity contribution in [2.24, 2.45) is 5.92 Å². The third kappa shape index (κ3) is 3.99. The number of piperidine rings is 1. The molecule has 2 aliphatic rings. The summed E-state index contributed by atoms with van der Waals surface area (Å²) in [5, 5.41) is 6.39. The van der Waals surface area contributed by atoms with Crippen molar-refractivity contribution in [1.82, 2.24) is 10.6 Å². The molecule has 0 aromatic heterocycles. The molecule has 0 bridgehead atoms. The van der Waals surface area contributed by atoms with Crippen molar-refractivity contribution >= 4 is 24.4 Å². The summed E-state index contributed by atoms with van der Waals surface area (Å²) >= 11 is 0. The first-order chi connectivity index (χ1) is 9.83. The largest absolute Gasteiger partial charge is 0.488 e. The first kappa shape index (κ1) is 15.9. The lowest BCUT2D eigenvalue weighted by molar-refractivity contribution is -0.118. The molecule has 0 saturated carbocycles. The van der Waals surface area contributed by atoms with Gasteiger partial charge in [-0.2, -0.15) is 0 Å². The molecule has 0 spiro atoms. The van der Waals surface area contributed by atoms with Gasteiger partial charge in [0.25, 0.3) is 5.91 Å². The highest BCUT2D eigenvalue weighted by atomic mass is 35.5. The molecule has 1 aromatic carbocycles. The first-order valence-corrected chi connectivity index (χ1v) is 7.24. The van der Waals surface area contributed by atoms with Gasteiger partial charge in [-0.15, -0.1) is 12.4 Å². The van der Waals surface area contributed by atoms with E-state index in [1.807, 2.05) is 30.3 Å². The fraction of sp³-hybridized carbons (Fsp3) is 0.438. The van der Waals surface area contributed by atoms with E-state index < -0.39 is 0 Å². The van der Waals surface area contributed by atoms with Crippen molar-refractivity contribution in [3.05, 3.63) is 35.4 Å². The first-order valence-electron chi connectivity index (χ1n) is 7.24. The molecule has 4 nitrogen and oxygen atoms in total. The van der Waals surface area contributed by atoms with Crippen LogP contribution in [-0.4, -0.2) is 32.1 Å². The van der Waals surface area contributed by atoms with Crippen LogP contribution in [0.3, 0.4) is 0 Å². The van der Waals surface area contributed by atoms with E-state index in [4.69, 9.17) is 4.74 Å². The Balaban J connectivity index is 0.00000161. The zero-order chi connectivity index (χ0) is 13.8. The number of amides is 1. The molecule has 1 amide bonds. The van der Waals surface area contributed by atoms with E-state index in [2.05, 4.69) is 10.6 Å². The Labute approximate surface area is 131 Å². The van der Waals surface area contributed by atoms with Crippen molar-refractivity contribution in [3.8, 4) is 5.75 Å². The number of carbonyl (C=O) groups is 1. The van der Waals surface area contributed by atoms with Gasteiger partial charge in [-0.3, -0.25) is 4.79 Å². The molecular weight excluding hydrogens is 288 g/mol. The molecule has 2 heterocycles. The predicted octanol–water partition coefficient (Wildman–Crippen LogP) is 2.00. The highest BCUT2D eigenvalue weighted by Gasteiger charge is 2.18. The summed E-state index contributed by atoms with van der Waals surface area (Å²) < 4.78 is 5.61. The Morgan fingerprint density at radius 3 is 3.05 bits per heavy atom. The monoisotopic (exact) mass is 308 g/mol. The number of para-hydroxylation sites is 1. The van der Waals surface area contributed by atoms with Crippen LogP contribution in [0.25, 0.3) is 6.08 Å². The van der Waals surface area contributed by atoms with Gasteiger partial charge < -0.3 is 15.4 Å². The van der Waals surface area contributed by atoms with E-state index in [0.29, 0.717) is 18.1 Å². The summed E-state index contributed by atoms with van der Waals surface area (Å²) in [6.07, 6.45) is 4.30. The molecule has 2 N–H and O–H groups in total. The normalized spacial score (nSPS) is 20.4. The number of benzene rings is 1. The second-order valence-electron chi connectivity index (χ2n) is 5.42. The highest BCUT2D eigenvalue weighted by molar-refractivity contribution is 5.99. The van der Waals surface area contributed by atoms with Gasteiger partial charge in [0.1, 0.15) is 12.4 Å². The number of hydrogen-bond donors (Lipinski definition) is 2. The molecule has 5 heteroatoms. The summed E-state index contributed by atoms with van der Waals surface area (Å²) in [6, 6.07) is 7.78. The van der Waals surface area contributed by atoms with E-state index in [0.717, 1.165) is 30.9 Å². The minimum atomic E-state index is -0.00919. The van der Waals surface area contributed by atoms with E-state index in [9.17, 15) is 4.79 Å². The number of rotatable bonds is 3. The number of nitrogens with one attached hydrogen (secondary N) is 2. The lowest BCUT2D eigenvalue weighted by atomic mass is 9.99. The van der Waals surface area contributed by atoms with E-state index in [1.54, 1.807) is 0 Å². The minimum absolute atomic E-state index is 0. The van der Waals surface area contributed by atoms with Gasteiger partial charge in [0.05, 0.1) is 5.57 Å². The summed E-state index contributed by atoms with van der Waals surface area (Å²) in [7, 11) is 0. The fourth-order valence-corrected chi connectivity index (χ4v) is 2.70. The van der Waals surface area contributed by atoms with Crippen LogP contribution in [0.4, 0.5) is 0 Å². The molecule has 1 unspecified atom stereocenters. The van der Waals surface area contributed by atoms with Gasteiger partial charge in [-0.25, -0.2) is 0 Å². The average Bonchev–Trinajstić information content (AvgIpc) is 2.53. The smallest absolute Gasteiger partial charge is 0.250 e. The minimum Gasteiger partial charge on any atom is -0.488 e. The van der Waals surface area contributed by atoms with Crippen molar-refractivity contribution in [1.29, 1.82) is 0 Å². The van der Waals surface area contributed by atoms with Gasteiger partial charge in [-0.1, -0.05) is 18.2 Å². The Hall–Kier alpha value is -1.52. The third-order valence-electron chi connectivity index (χ3n) is 3.87. The molecule has 21 heavy (non-hydrogen) atoms. The SMILES string of the molecule is Cl.O=C(NCC1CCCNC1)C1=Cc2ccccc2OC1. The molecule has 114 valence electrons. The molecule has 0 radical (unpaired) electrons. The van der Waals surface area contributed by atoms with Gasteiger partial charge in [-0.05, 0) is 44.0 Å². The standard InChI is InChI=1S/C16H20N2O2.ClH/c19-16(18-10-12-4-3-7-17-9-12)14-8-13-5-1-2-6-15(13)20-11-14;/h1-2,5-6,8,12,17H,3-4,7,9-11H2,(H,18,19);1H. The molecule has 1 atom stereocenters. The van der Waals surface area contributed by atoms with Gasteiger partial charge in [0.2, 0.25) is 0 Å². The van der Waals surface area contributed by atoms with Crippen LogP contribution in [0.15, 0.2) is 29.8 Å². The molecule has 3 rings (SSSR count). The van der Waals surface area contributed by atoms with E-state index >= 15 is 0 Å². The van der Waals surface area contributed by atoms with Gasteiger partial charge in [0, 0.05) is 12.1 Å². The summed E-state index contributed by atoms with van der Waals surface area (Å²) in [4.78, 5) is 12.2. The van der Waals surface area contributed by atoms with E-state index in [-0.39, 0.29) is 18.3 Å². The number of hydrogen-bond acceptors (Lipinski definition) is 3. The zero-order valence-corrected chi connectivity index (χ0v) is 12.7. The van der Waals surface area contributed by atoms with Gasteiger partial charge in [0.15, 0.2) is 0 Å². The maximum absolute atomic E-state index is 12.2. The Morgan fingerprint density at radius 1 is 1.38 bits per heavy atom. The Morgan fingerprint density at radius 2 is 2.24 bits per heavy atom. The van der Waals surface area contributed by atoms with Crippen molar-refractivity contribution in [2.75, 3.05) is 26.2 Å². The Bertz CT molecular complexity index is 525. The topological polar surface area (TPSA) is 50.4 Å². The fourth-order valence-electron chi connectivity index (χ4n) is 2.70. The molecule has 1 fully saturated rings. The number of halogens is 1. The summed E-state index contributed by atoms with van der Waals surface area (Å²) in [5.41, 5.74) is 1.68. The highest BCUT2D eigenvalue weighted by Crippen LogP contribution is 2.25. The molecule has 0 aliphatic carbocycles. The second kappa shape index (κ2) is 7.48. The quantitative estimate of drug-likeness (QED) is 0.898. The van der Waals surface area contributed by atoms with E-state index in [1.165, 1.54) is 12.8 Å². The number of carbonyl (C=O) groups excluding carboxylic acids is 1. The molecule has 2 aliphatic heterocycles. The summed E-state index contributed by atoms with van der Waals surface area (Å²) in [6.45, 7) is 3.19. The van der Waals surface area contributed by atoms with Crippen LogP contribution in [0, 0.1) is 5.92 Å². The maximum Gasteiger partial charge on any atom is 0.250 e. The molecular formula is C16H21ClN2O2. The zero-order valence-electron chi connectivity index (χ0n) is 11.9. The molecule has 1 aromatic rings. The van der Waals surface area contributed by atoms with Crippen LogP contribution < -0.4 is 15.4 Å². The van der Waals surface area contributed by atoms with Crippen molar-refractivity contribution in [2.45, 2.75) is 12.8 Å². The maximum atomic E-state index is 12.2. The van der Waals surface area contributed by atoms with Crippen LogP contribution in [0.2, 0.25) is 0 Å². The van der Waals surface area contributed by atoms with Crippen LogP contribution in [0.1, 0.15) is 18.4 Å². The predicted molar refractivity (Wildman–Crippen MR) is 85.8 cm³/mol. The van der Waals surface area contributed by atoms with Crippen LogP contribution in [-0.2, 0) is 4.79 Å². The second-order valence-corrected chi connectivity index (χ2v) is 5.42. The third-order valence-corrected chi connectivity index (χ3v) is 3.87. The lowest BCUT2D eigenvalue weighted by Gasteiger charge is -2.23. The average molecular weight is 309 g/mol. The lowest BCUT2D eigenvalue weighted by Crippen LogP contribution is -2.39. The van der Waals surface area contributed by atoms with Crippen LogP contribution >= 0.6 is 12.4 Å². The Kier molecular flexibility index (Phi) is 5.65. The number of fused-ring (bicyclic) bond motifs is 1. The number of ether oxygens (including phenoxy) is 1. The van der Waals surface area contributed by atoms with Gasteiger partial charge >= 0.3 is 0 Å². The van der Waals surface area contributed by atoms with Crippen molar-refractivity contribution < 1.29 is 9.53 Å². The van der Waals surface area contributed by atoms with Crippen molar-refractivity contribution in [3.63, 3.8) is 0 Å². The van der Waals surface area contributed by atoms with Crippen LogP contribution in [0.5, 0.6) is 5.75 Å².